The fourth-order valence-corrected chi connectivity index (χ4v) is 2.00. The van der Waals surface area contributed by atoms with Crippen LogP contribution in [0.3, 0.4) is 0 Å². The van der Waals surface area contributed by atoms with Crippen molar-refractivity contribution in [2.75, 3.05) is 11.9 Å². The Hall–Kier alpha value is -1.69. The molecule has 0 aliphatic rings. The van der Waals surface area contributed by atoms with Crippen molar-refractivity contribution < 1.29 is 8.78 Å². The molecule has 2 rings (SSSR count). The fraction of sp³-hybridized carbons (Fsp3) is 0.154. The van der Waals surface area contributed by atoms with Gasteiger partial charge in [-0.15, -0.1) is 6.58 Å². The summed E-state index contributed by atoms with van der Waals surface area (Å²) >= 11 is 3.05. The van der Waals surface area contributed by atoms with E-state index in [4.69, 9.17) is 0 Å². The average Bonchev–Trinajstić information content (AvgIpc) is 2.72. The molecule has 100 valence electrons. The van der Waals surface area contributed by atoms with E-state index in [0.717, 1.165) is 11.8 Å². The number of halogens is 3. The molecule has 1 aromatic heterocycles. The summed E-state index contributed by atoms with van der Waals surface area (Å²) in [7, 11) is 0. The van der Waals surface area contributed by atoms with E-state index in [0.29, 0.717) is 12.5 Å². The van der Waals surface area contributed by atoms with Gasteiger partial charge in [-0.2, -0.15) is 0 Å². The second-order valence-electron chi connectivity index (χ2n) is 3.96. The van der Waals surface area contributed by atoms with Gasteiger partial charge in [0.1, 0.15) is 11.6 Å². The molecule has 1 N–H and O–H groups in total. The largest absolute Gasteiger partial charge is 0.352 e. The number of hydrogen-bond acceptors (Lipinski definition) is 2. The lowest BCUT2D eigenvalue weighted by Gasteiger charge is -2.10. The first kappa shape index (κ1) is 13.7. The third-order valence-corrected chi connectivity index (χ3v) is 3.09. The summed E-state index contributed by atoms with van der Waals surface area (Å²) in [4.78, 5) is 4.25. The number of nitrogens with zero attached hydrogens (tertiary/aromatic N) is 2. The number of benzene rings is 1. The number of aromatic nitrogens is 2. The number of imidazole rings is 1. The molecule has 0 amide bonds. The van der Waals surface area contributed by atoms with Gasteiger partial charge in [-0.1, -0.05) is 6.08 Å². The minimum Gasteiger partial charge on any atom is -0.352 e. The first-order valence-corrected chi connectivity index (χ1v) is 6.38. The number of hydrogen-bond donors (Lipinski definition) is 1. The van der Waals surface area contributed by atoms with Crippen LogP contribution in [0.4, 0.5) is 14.7 Å². The third-order valence-electron chi connectivity index (χ3n) is 2.48. The normalized spacial score (nSPS) is 10.5. The number of nitrogens with one attached hydrogen (secondary N) is 1. The maximum atomic E-state index is 13.9. The van der Waals surface area contributed by atoms with E-state index in [1.54, 1.807) is 23.8 Å². The summed E-state index contributed by atoms with van der Waals surface area (Å²) in [6, 6.07) is 2.22. The standard InChI is InChI=1S/C13H12BrF2N3/c1-3-4-17-13-18-8(2)7-19(13)12-5-9(14)10(15)6-11(12)16/h3,5-7H,1,4H2,2H3,(H,17,18). The summed E-state index contributed by atoms with van der Waals surface area (Å²) in [6.07, 6.45) is 3.35. The van der Waals surface area contributed by atoms with Crippen molar-refractivity contribution in [1.29, 1.82) is 0 Å². The molecule has 19 heavy (non-hydrogen) atoms. The van der Waals surface area contributed by atoms with Crippen LogP contribution in [0.25, 0.3) is 5.69 Å². The van der Waals surface area contributed by atoms with Crippen molar-refractivity contribution in [3.05, 3.63) is 52.8 Å². The quantitative estimate of drug-likeness (QED) is 0.683. The molecule has 1 aromatic carbocycles. The average molecular weight is 328 g/mol. The predicted octanol–water partition coefficient (Wildman–Crippen LogP) is 3.82. The van der Waals surface area contributed by atoms with Gasteiger partial charge in [0.25, 0.3) is 0 Å². The Morgan fingerprint density at radius 1 is 1.42 bits per heavy atom. The minimum absolute atomic E-state index is 0.199. The van der Waals surface area contributed by atoms with Crippen LogP contribution >= 0.6 is 15.9 Å². The highest BCUT2D eigenvalue weighted by Gasteiger charge is 2.14. The zero-order valence-corrected chi connectivity index (χ0v) is 11.8. The lowest BCUT2D eigenvalue weighted by Crippen LogP contribution is -2.07. The van der Waals surface area contributed by atoms with Crippen LogP contribution in [0.1, 0.15) is 5.69 Å². The summed E-state index contributed by atoms with van der Waals surface area (Å²) in [6.45, 7) is 5.90. The molecule has 0 radical (unpaired) electrons. The molecule has 0 bridgehead atoms. The molecular formula is C13H12BrF2N3. The lowest BCUT2D eigenvalue weighted by atomic mass is 10.3. The van der Waals surface area contributed by atoms with E-state index >= 15 is 0 Å². The van der Waals surface area contributed by atoms with Crippen LogP contribution in [0.2, 0.25) is 0 Å². The smallest absolute Gasteiger partial charge is 0.208 e. The SMILES string of the molecule is C=CCNc1nc(C)cn1-c1cc(Br)c(F)cc1F. The predicted molar refractivity (Wildman–Crippen MR) is 74.6 cm³/mol. The number of anilines is 1. The monoisotopic (exact) mass is 327 g/mol. The molecule has 0 saturated carbocycles. The highest BCUT2D eigenvalue weighted by atomic mass is 79.9. The van der Waals surface area contributed by atoms with Gasteiger partial charge in [-0.05, 0) is 28.9 Å². The molecule has 2 aromatic rings. The van der Waals surface area contributed by atoms with E-state index in [1.165, 1.54) is 6.07 Å². The van der Waals surface area contributed by atoms with Crippen molar-refractivity contribution in [2.24, 2.45) is 0 Å². The van der Waals surface area contributed by atoms with E-state index < -0.39 is 11.6 Å². The van der Waals surface area contributed by atoms with Gasteiger partial charge < -0.3 is 5.32 Å². The second kappa shape index (κ2) is 5.52. The van der Waals surface area contributed by atoms with Crippen molar-refractivity contribution in [3.8, 4) is 5.69 Å². The van der Waals surface area contributed by atoms with Gasteiger partial charge in [0.15, 0.2) is 0 Å². The first-order valence-electron chi connectivity index (χ1n) is 5.58. The van der Waals surface area contributed by atoms with Crippen molar-refractivity contribution >= 4 is 21.9 Å². The van der Waals surface area contributed by atoms with Crippen LogP contribution in [0.15, 0.2) is 35.5 Å². The summed E-state index contributed by atoms with van der Waals surface area (Å²) < 4.78 is 28.9. The van der Waals surface area contributed by atoms with Crippen LogP contribution < -0.4 is 5.32 Å². The van der Waals surface area contributed by atoms with Crippen LogP contribution in [0.5, 0.6) is 0 Å². The van der Waals surface area contributed by atoms with Gasteiger partial charge in [-0.3, -0.25) is 4.57 Å². The second-order valence-corrected chi connectivity index (χ2v) is 4.82. The Kier molecular flexibility index (Phi) is 3.99. The van der Waals surface area contributed by atoms with Gasteiger partial charge in [0.2, 0.25) is 5.95 Å². The molecule has 0 aliphatic carbocycles. The van der Waals surface area contributed by atoms with Crippen molar-refractivity contribution in [2.45, 2.75) is 6.92 Å². The summed E-state index contributed by atoms with van der Waals surface area (Å²) in [5, 5.41) is 3.00. The van der Waals surface area contributed by atoms with E-state index in [-0.39, 0.29) is 10.2 Å². The van der Waals surface area contributed by atoms with E-state index in [1.807, 2.05) is 0 Å². The molecule has 0 atom stereocenters. The van der Waals surface area contributed by atoms with E-state index in [9.17, 15) is 8.78 Å². The molecule has 0 unspecified atom stereocenters. The molecule has 0 fully saturated rings. The molecular weight excluding hydrogens is 316 g/mol. The van der Waals surface area contributed by atoms with Crippen molar-refractivity contribution in [1.82, 2.24) is 9.55 Å². The fourth-order valence-electron chi connectivity index (χ4n) is 1.67. The van der Waals surface area contributed by atoms with Gasteiger partial charge in [0.05, 0.1) is 15.9 Å². The van der Waals surface area contributed by atoms with Gasteiger partial charge in [0, 0.05) is 18.8 Å². The van der Waals surface area contributed by atoms with E-state index in [2.05, 4.69) is 32.8 Å². The Balaban J connectivity index is 2.52. The Labute approximate surface area is 118 Å². The minimum atomic E-state index is -0.653. The summed E-state index contributed by atoms with van der Waals surface area (Å²) in [5.74, 6) is -0.812. The molecule has 0 aliphatic heterocycles. The van der Waals surface area contributed by atoms with Crippen LogP contribution in [-0.4, -0.2) is 16.1 Å². The molecule has 6 heteroatoms. The highest BCUT2D eigenvalue weighted by molar-refractivity contribution is 9.10. The Morgan fingerprint density at radius 2 is 2.16 bits per heavy atom. The molecule has 0 saturated heterocycles. The topological polar surface area (TPSA) is 29.9 Å². The highest BCUT2D eigenvalue weighted by Crippen LogP contribution is 2.25. The third kappa shape index (κ3) is 2.84. The molecule has 0 spiro atoms. The van der Waals surface area contributed by atoms with Crippen molar-refractivity contribution in [3.63, 3.8) is 0 Å². The van der Waals surface area contributed by atoms with Crippen LogP contribution in [0, 0.1) is 18.6 Å². The number of rotatable bonds is 4. The maximum Gasteiger partial charge on any atom is 0.208 e. The zero-order valence-electron chi connectivity index (χ0n) is 10.3. The Bertz CT molecular complexity index is 623. The number of aryl methyl sites for hydroxylation is 1. The summed E-state index contributed by atoms with van der Waals surface area (Å²) in [5.41, 5.74) is 0.951. The lowest BCUT2D eigenvalue weighted by molar-refractivity contribution is 0.574. The molecule has 3 nitrogen and oxygen atoms in total. The maximum absolute atomic E-state index is 13.9. The Morgan fingerprint density at radius 3 is 2.84 bits per heavy atom. The molecule has 1 heterocycles. The first-order chi connectivity index (χ1) is 9.02. The van der Waals surface area contributed by atoms with Gasteiger partial charge in [-0.25, -0.2) is 13.8 Å². The zero-order chi connectivity index (χ0) is 14.0. The van der Waals surface area contributed by atoms with Crippen LogP contribution in [-0.2, 0) is 0 Å². The van der Waals surface area contributed by atoms with Gasteiger partial charge >= 0.3 is 0 Å².